The molecule has 10 heteroatoms. The number of nitrogens with one attached hydrogen (secondary N) is 2. The molecular weight excluding hydrogens is 464 g/mol. The Morgan fingerprint density at radius 1 is 0.639 bits per heavy atom. The van der Waals surface area contributed by atoms with E-state index in [4.69, 9.17) is 18.9 Å². The van der Waals surface area contributed by atoms with Crippen LogP contribution in [-0.2, 0) is 9.59 Å². The van der Waals surface area contributed by atoms with Gasteiger partial charge in [0.1, 0.15) is 0 Å². The number of rotatable bonds is 15. The fraction of sp³-hybridized carbons (Fsp3) is 0.385. The van der Waals surface area contributed by atoms with Gasteiger partial charge in [-0.05, 0) is 60.4 Å². The molecule has 0 spiro atoms. The molecule has 2 aromatic carbocycles. The molecule has 2 N–H and O–H groups in total. The summed E-state index contributed by atoms with van der Waals surface area (Å²) in [5, 5.41) is 7.96. The molecule has 10 nitrogen and oxygen atoms in total. The lowest BCUT2D eigenvalue weighted by Gasteiger charge is -2.07. The maximum Gasteiger partial charge on any atom is 0.240 e. The molecule has 2 aromatic rings. The molecular formula is C26H34N4O6. The maximum absolute atomic E-state index is 11.9. The third kappa shape index (κ3) is 9.65. The van der Waals surface area contributed by atoms with Crippen molar-refractivity contribution in [2.24, 2.45) is 10.2 Å². The van der Waals surface area contributed by atoms with E-state index in [0.29, 0.717) is 35.8 Å². The maximum atomic E-state index is 11.9. The summed E-state index contributed by atoms with van der Waals surface area (Å²) in [7, 11) is 6.25. The number of hydrogen-bond donors (Lipinski definition) is 2. The quantitative estimate of drug-likeness (QED) is 0.220. The molecule has 0 aliphatic carbocycles. The van der Waals surface area contributed by atoms with Gasteiger partial charge in [0.25, 0.3) is 0 Å². The van der Waals surface area contributed by atoms with Crippen molar-refractivity contribution in [2.75, 3.05) is 28.4 Å². The number of nitrogens with zero attached hydrogens (tertiary/aromatic N) is 2. The van der Waals surface area contributed by atoms with Gasteiger partial charge in [0.15, 0.2) is 23.0 Å². The van der Waals surface area contributed by atoms with Crippen molar-refractivity contribution in [3.8, 4) is 23.0 Å². The van der Waals surface area contributed by atoms with Crippen LogP contribution in [0.15, 0.2) is 46.6 Å². The number of carbonyl (C=O) groups excluding carboxylic acids is 2. The molecule has 2 rings (SSSR count). The average molecular weight is 499 g/mol. The molecule has 194 valence electrons. The van der Waals surface area contributed by atoms with Gasteiger partial charge in [-0.3, -0.25) is 9.59 Å². The molecule has 0 radical (unpaired) electrons. The van der Waals surface area contributed by atoms with Gasteiger partial charge in [-0.15, -0.1) is 0 Å². The van der Waals surface area contributed by atoms with E-state index < -0.39 is 0 Å². The first-order valence-corrected chi connectivity index (χ1v) is 11.6. The molecule has 2 amide bonds. The van der Waals surface area contributed by atoms with Crippen LogP contribution in [0, 0.1) is 0 Å². The van der Waals surface area contributed by atoms with Crippen molar-refractivity contribution < 1.29 is 28.5 Å². The minimum Gasteiger partial charge on any atom is -0.493 e. The van der Waals surface area contributed by atoms with Crippen LogP contribution in [0.1, 0.15) is 49.7 Å². The Bertz CT molecular complexity index is 971. The summed E-state index contributed by atoms with van der Waals surface area (Å²) >= 11 is 0. The predicted molar refractivity (Wildman–Crippen MR) is 138 cm³/mol. The van der Waals surface area contributed by atoms with Gasteiger partial charge >= 0.3 is 0 Å². The molecule has 0 aromatic heterocycles. The van der Waals surface area contributed by atoms with Crippen LogP contribution in [0.25, 0.3) is 0 Å². The lowest BCUT2D eigenvalue weighted by atomic mass is 10.1. The highest BCUT2D eigenvalue weighted by Gasteiger charge is 2.05. The number of unbranched alkanes of at least 4 members (excludes halogenated alkanes) is 3. The van der Waals surface area contributed by atoms with Crippen molar-refractivity contribution >= 4 is 24.2 Å². The van der Waals surface area contributed by atoms with Crippen LogP contribution in [0.3, 0.4) is 0 Å². The summed E-state index contributed by atoms with van der Waals surface area (Å²) in [6.07, 6.45) is 6.95. The molecule has 0 fully saturated rings. The second kappa shape index (κ2) is 15.8. The van der Waals surface area contributed by atoms with Crippen molar-refractivity contribution in [3.05, 3.63) is 47.5 Å². The molecule has 0 bridgehead atoms. The Morgan fingerprint density at radius 2 is 1.03 bits per heavy atom. The summed E-state index contributed by atoms with van der Waals surface area (Å²) in [6.45, 7) is 0. The van der Waals surface area contributed by atoms with Gasteiger partial charge in [0, 0.05) is 12.8 Å². The largest absolute Gasteiger partial charge is 0.493 e. The van der Waals surface area contributed by atoms with Gasteiger partial charge in [0.05, 0.1) is 40.9 Å². The Hall–Kier alpha value is -4.08. The zero-order valence-corrected chi connectivity index (χ0v) is 21.2. The SMILES string of the molecule is COc1ccc(C=NNC(=O)CCCCCCC(=O)NN=Cc2ccc(OC)c(OC)c2)cc1OC. The molecule has 0 aliphatic heterocycles. The summed E-state index contributed by atoms with van der Waals surface area (Å²) < 4.78 is 20.9. The van der Waals surface area contributed by atoms with Gasteiger partial charge in [-0.2, -0.15) is 10.2 Å². The Balaban J connectivity index is 1.58. The smallest absolute Gasteiger partial charge is 0.240 e. The van der Waals surface area contributed by atoms with E-state index >= 15 is 0 Å². The van der Waals surface area contributed by atoms with E-state index in [0.717, 1.165) is 36.8 Å². The Labute approximate surface area is 211 Å². The van der Waals surface area contributed by atoms with Crippen LogP contribution < -0.4 is 29.8 Å². The zero-order chi connectivity index (χ0) is 26.2. The standard InChI is InChI=1S/C26H34N4O6/c1-33-21-13-11-19(15-23(21)35-3)17-27-29-25(31)9-7-5-6-8-10-26(32)30-28-18-20-12-14-22(34-2)24(16-20)36-4/h11-18H,5-10H2,1-4H3,(H,29,31)(H,30,32). The molecule has 0 unspecified atom stereocenters. The average Bonchev–Trinajstić information content (AvgIpc) is 2.90. The first kappa shape index (κ1) is 28.2. The number of ether oxygens (including phenoxy) is 4. The van der Waals surface area contributed by atoms with Crippen molar-refractivity contribution in [2.45, 2.75) is 38.5 Å². The third-order valence-corrected chi connectivity index (χ3v) is 5.18. The van der Waals surface area contributed by atoms with E-state index in [1.165, 1.54) is 0 Å². The molecule has 0 saturated carbocycles. The summed E-state index contributed by atoms with van der Waals surface area (Å²) in [5.74, 6) is 2.11. The van der Waals surface area contributed by atoms with E-state index in [1.54, 1.807) is 65.1 Å². The Kier molecular flexibility index (Phi) is 12.3. The second-order valence-corrected chi connectivity index (χ2v) is 7.73. The monoisotopic (exact) mass is 498 g/mol. The normalized spacial score (nSPS) is 10.9. The van der Waals surface area contributed by atoms with Crippen molar-refractivity contribution in [1.82, 2.24) is 10.9 Å². The number of benzene rings is 2. The summed E-state index contributed by atoms with van der Waals surface area (Å²) in [5.41, 5.74) is 6.59. The first-order valence-electron chi connectivity index (χ1n) is 11.6. The van der Waals surface area contributed by atoms with Gasteiger partial charge in [-0.25, -0.2) is 10.9 Å². The van der Waals surface area contributed by atoms with E-state index in [9.17, 15) is 9.59 Å². The predicted octanol–water partition coefficient (Wildman–Crippen LogP) is 3.66. The summed E-state index contributed by atoms with van der Waals surface area (Å²) in [4.78, 5) is 23.9. The lowest BCUT2D eigenvalue weighted by Crippen LogP contribution is -2.17. The highest BCUT2D eigenvalue weighted by molar-refractivity contribution is 5.84. The molecule has 0 saturated heterocycles. The van der Waals surface area contributed by atoms with Crippen LogP contribution in [-0.4, -0.2) is 52.7 Å². The van der Waals surface area contributed by atoms with E-state index in [-0.39, 0.29) is 11.8 Å². The van der Waals surface area contributed by atoms with E-state index in [1.807, 2.05) is 12.1 Å². The van der Waals surface area contributed by atoms with Crippen LogP contribution in [0.2, 0.25) is 0 Å². The fourth-order valence-electron chi connectivity index (χ4n) is 3.26. The van der Waals surface area contributed by atoms with Crippen molar-refractivity contribution in [3.63, 3.8) is 0 Å². The van der Waals surface area contributed by atoms with Gasteiger partial charge in [0.2, 0.25) is 11.8 Å². The number of hydrogen-bond acceptors (Lipinski definition) is 8. The first-order chi connectivity index (χ1) is 17.5. The minimum absolute atomic E-state index is 0.158. The molecule has 0 aliphatic rings. The topological polar surface area (TPSA) is 120 Å². The van der Waals surface area contributed by atoms with Gasteiger partial charge < -0.3 is 18.9 Å². The third-order valence-electron chi connectivity index (χ3n) is 5.18. The molecule has 0 atom stereocenters. The fourth-order valence-corrected chi connectivity index (χ4v) is 3.26. The molecule has 0 heterocycles. The zero-order valence-electron chi connectivity index (χ0n) is 21.2. The van der Waals surface area contributed by atoms with Crippen LogP contribution >= 0.6 is 0 Å². The number of hydrazone groups is 2. The highest BCUT2D eigenvalue weighted by Crippen LogP contribution is 2.27. The van der Waals surface area contributed by atoms with E-state index in [2.05, 4.69) is 21.1 Å². The summed E-state index contributed by atoms with van der Waals surface area (Å²) in [6, 6.07) is 10.7. The highest BCUT2D eigenvalue weighted by atomic mass is 16.5. The van der Waals surface area contributed by atoms with Crippen LogP contribution in [0.5, 0.6) is 23.0 Å². The number of amides is 2. The molecule has 36 heavy (non-hydrogen) atoms. The van der Waals surface area contributed by atoms with Gasteiger partial charge in [-0.1, -0.05) is 12.8 Å². The van der Waals surface area contributed by atoms with Crippen molar-refractivity contribution in [1.29, 1.82) is 0 Å². The van der Waals surface area contributed by atoms with Crippen LogP contribution in [0.4, 0.5) is 0 Å². The number of carbonyl (C=O) groups is 2. The Morgan fingerprint density at radius 3 is 1.39 bits per heavy atom. The second-order valence-electron chi connectivity index (χ2n) is 7.73. The lowest BCUT2D eigenvalue weighted by molar-refractivity contribution is -0.122. The minimum atomic E-state index is -0.158. The number of methoxy groups -OCH3 is 4.